The maximum atomic E-state index is 12.8. The van der Waals surface area contributed by atoms with Crippen LogP contribution in [0, 0.1) is 11.8 Å². The molecule has 4 heterocycles. The average molecular weight is 361 g/mol. The highest BCUT2D eigenvalue weighted by Crippen LogP contribution is 2.37. The second-order valence-electron chi connectivity index (χ2n) is 8.35. The van der Waals surface area contributed by atoms with Crippen molar-refractivity contribution in [3.63, 3.8) is 0 Å². The Bertz CT molecular complexity index is 611. The molecule has 1 unspecified atom stereocenters. The summed E-state index contributed by atoms with van der Waals surface area (Å²) in [4.78, 5) is 15.3. The summed E-state index contributed by atoms with van der Waals surface area (Å²) < 4.78 is 1.97. The fourth-order valence-corrected chi connectivity index (χ4v) is 5.09. The molecule has 4 atom stereocenters. The number of hydrogen-bond donors (Lipinski definition) is 2. The Hall–Kier alpha value is -1.47. The molecule has 26 heavy (non-hydrogen) atoms. The zero-order valence-corrected chi connectivity index (χ0v) is 15.9. The maximum Gasteiger partial charge on any atom is 0.224 e. The smallest absolute Gasteiger partial charge is 0.224 e. The molecule has 7 nitrogen and oxygen atoms in total. The van der Waals surface area contributed by atoms with E-state index in [2.05, 4.69) is 25.8 Å². The van der Waals surface area contributed by atoms with Gasteiger partial charge in [-0.25, -0.2) is 0 Å². The lowest BCUT2D eigenvalue weighted by molar-refractivity contribution is -0.134. The van der Waals surface area contributed by atoms with Crippen LogP contribution in [0.3, 0.4) is 0 Å². The van der Waals surface area contributed by atoms with E-state index in [1.807, 2.05) is 17.9 Å². The van der Waals surface area contributed by atoms with Crippen LogP contribution in [0.1, 0.15) is 50.6 Å². The van der Waals surface area contributed by atoms with Crippen molar-refractivity contribution in [2.75, 3.05) is 20.1 Å². The van der Waals surface area contributed by atoms with Gasteiger partial charge in [-0.3, -0.25) is 14.4 Å². The predicted molar refractivity (Wildman–Crippen MR) is 99.4 cm³/mol. The molecule has 1 aromatic rings. The molecule has 2 N–H and O–H groups in total. The molecule has 0 spiro atoms. The van der Waals surface area contributed by atoms with E-state index in [1.165, 1.54) is 19.3 Å². The van der Waals surface area contributed by atoms with Gasteiger partial charge in [-0.05, 0) is 45.2 Å². The first-order valence-corrected chi connectivity index (χ1v) is 10.3. The van der Waals surface area contributed by atoms with Gasteiger partial charge in [0, 0.05) is 31.4 Å². The summed E-state index contributed by atoms with van der Waals surface area (Å²) in [6.45, 7) is 3.65. The third kappa shape index (κ3) is 3.93. The van der Waals surface area contributed by atoms with Crippen molar-refractivity contribution in [3.05, 3.63) is 11.9 Å². The molecule has 4 fully saturated rings. The molecule has 1 amide bonds. The highest BCUT2D eigenvalue weighted by Gasteiger charge is 2.43. The van der Waals surface area contributed by atoms with Gasteiger partial charge in [0.1, 0.15) is 0 Å². The second kappa shape index (κ2) is 8.05. The van der Waals surface area contributed by atoms with Gasteiger partial charge in [0.25, 0.3) is 0 Å². The van der Waals surface area contributed by atoms with Gasteiger partial charge in [-0.1, -0.05) is 24.5 Å². The van der Waals surface area contributed by atoms with Gasteiger partial charge in [-0.2, -0.15) is 0 Å². The Balaban J connectivity index is 1.32. The predicted octanol–water partition coefficient (Wildman–Crippen LogP) is 1.16. The van der Waals surface area contributed by atoms with Crippen LogP contribution in [0.4, 0.5) is 0 Å². The highest BCUT2D eigenvalue weighted by atomic mass is 16.2. The number of amides is 1. The second-order valence-corrected chi connectivity index (χ2v) is 8.35. The van der Waals surface area contributed by atoms with E-state index in [9.17, 15) is 4.79 Å². The number of nitrogens with one attached hydrogen (secondary N) is 2. The highest BCUT2D eigenvalue weighted by molar-refractivity contribution is 5.79. The minimum atomic E-state index is 0.178. The molecule has 1 saturated carbocycles. The summed E-state index contributed by atoms with van der Waals surface area (Å²) in [5.74, 6) is 1.01. The number of aromatic nitrogens is 3. The quantitative estimate of drug-likeness (QED) is 0.796. The Morgan fingerprint density at radius 3 is 2.85 bits per heavy atom. The SMILES string of the molecule is CNCc1cn(C[C@H]2C[C@@H]3CCN2C[C@@H]3C(=O)NC2CCCCC2)nn1. The number of carbonyl (C=O) groups is 1. The van der Waals surface area contributed by atoms with Gasteiger partial charge >= 0.3 is 0 Å². The van der Waals surface area contributed by atoms with E-state index in [1.54, 1.807) is 0 Å². The van der Waals surface area contributed by atoms with Crippen molar-refractivity contribution in [3.8, 4) is 0 Å². The summed E-state index contributed by atoms with van der Waals surface area (Å²) in [6, 6.07) is 0.903. The van der Waals surface area contributed by atoms with E-state index in [0.717, 1.165) is 57.6 Å². The Labute approximate surface area is 155 Å². The first kappa shape index (κ1) is 17.9. The van der Waals surface area contributed by atoms with Crippen LogP contribution in [-0.4, -0.2) is 58.0 Å². The molecule has 3 aliphatic heterocycles. The van der Waals surface area contributed by atoms with E-state index in [-0.39, 0.29) is 5.92 Å². The number of rotatable bonds is 6. The van der Waals surface area contributed by atoms with Crippen LogP contribution in [0.25, 0.3) is 0 Å². The first-order chi connectivity index (χ1) is 12.7. The van der Waals surface area contributed by atoms with Crippen LogP contribution in [0.2, 0.25) is 0 Å². The van der Waals surface area contributed by atoms with Crippen LogP contribution in [0.5, 0.6) is 0 Å². The van der Waals surface area contributed by atoms with Crippen molar-refractivity contribution >= 4 is 5.91 Å². The molecule has 5 rings (SSSR count). The van der Waals surface area contributed by atoms with Gasteiger partial charge in [0.05, 0.1) is 18.2 Å². The Kier molecular flexibility index (Phi) is 5.55. The Morgan fingerprint density at radius 2 is 2.12 bits per heavy atom. The largest absolute Gasteiger partial charge is 0.353 e. The molecule has 1 aromatic heterocycles. The number of nitrogens with zero attached hydrogens (tertiary/aromatic N) is 4. The normalized spacial score (nSPS) is 31.9. The molecule has 1 aliphatic carbocycles. The molecular formula is C19H32N6O. The standard InChI is InChI=1S/C19H32N6O/c1-20-10-16-11-25(23-22-16)12-17-9-14-7-8-24(17)13-18(14)19(26)21-15-5-3-2-4-6-15/h11,14-15,17-18,20H,2-10,12-13H2,1H3,(H,21,26)/t14-,17+,18-/m0/s1. The van der Waals surface area contributed by atoms with Gasteiger partial charge in [0.15, 0.2) is 0 Å². The zero-order valence-electron chi connectivity index (χ0n) is 15.9. The lowest BCUT2D eigenvalue weighted by Crippen LogP contribution is -2.58. The van der Waals surface area contributed by atoms with Crippen LogP contribution in [0.15, 0.2) is 6.20 Å². The van der Waals surface area contributed by atoms with E-state index in [0.29, 0.717) is 23.9 Å². The lowest BCUT2D eigenvalue weighted by atomic mass is 9.75. The minimum Gasteiger partial charge on any atom is -0.353 e. The zero-order chi connectivity index (χ0) is 17.9. The topological polar surface area (TPSA) is 75.1 Å². The van der Waals surface area contributed by atoms with Crippen molar-refractivity contribution < 1.29 is 4.79 Å². The minimum absolute atomic E-state index is 0.178. The molecule has 144 valence electrons. The van der Waals surface area contributed by atoms with Gasteiger partial charge < -0.3 is 10.6 Å². The summed E-state index contributed by atoms with van der Waals surface area (Å²) in [7, 11) is 1.92. The number of fused-ring (bicyclic) bond motifs is 3. The Morgan fingerprint density at radius 1 is 1.27 bits per heavy atom. The molecular weight excluding hydrogens is 328 g/mol. The fourth-order valence-electron chi connectivity index (χ4n) is 5.09. The lowest BCUT2D eigenvalue weighted by Gasteiger charge is -2.49. The summed E-state index contributed by atoms with van der Waals surface area (Å²) in [5, 5.41) is 14.9. The van der Waals surface area contributed by atoms with Crippen molar-refractivity contribution in [2.24, 2.45) is 11.8 Å². The van der Waals surface area contributed by atoms with Gasteiger partial charge in [-0.15, -0.1) is 5.10 Å². The monoisotopic (exact) mass is 360 g/mol. The third-order valence-corrected chi connectivity index (χ3v) is 6.51. The molecule has 2 bridgehead atoms. The molecule has 0 aromatic carbocycles. The number of carbonyl (C=O) groups excluding carboxylic acids is 1. The van der Waals surface area contributed by atoms with Crippen molar-refractivity contribution in [1.82, 2.24) is 30.5 Å². The summed E-state index contributed by atoms with van der Waals surface area (Å²) in [5.41, 5.74) is 0.980. The summed E-state index contributed by atoms with van der Waals surface area (Å²) in [6.07, 6.45) is 10.5. The fraction of sp³-hybridized carbons (Fsp3) is 0.842. The van der Waals surface area contributed by atoms with E-state index < -0.39 is 0 Å². The molecule has 4 aliphatic rings. The van der Waals surface area contributed by atoms with E-state index in [4.69, 9.17) is 0 Å². The van der Waals surface area contributed by atoms with Crippen LogP contribution >= 0.6 is 0 Å². The molecule has 7 heteroatoms. The number of hydrogen-bond acceptors (Lipinski definition) is 5. The molecule has 0 radical (unpaired) electrons. The maximum absolute atomic E-state index is 12.8. The van der Waals surface area contributed by atoms with Crippen molar-refractivity contribution in [2.45, 2.75) is 70.1 Å². The average Bonchev–Trinajstić information content (AvgIpc) is 3.10. The van der Waals surface area contributed by atoms with E-state index >= 15 is 0 Å². The summed E-state index contributed by atoms with van der Waals surface area (Å²) >= 11 is 0. The van der Waals surface area contributed by atoms with Crippen LogP contribution < -0.4 is 10.6 Å². The van der Waals surface area contributed by atoms with Gasteiger partial charge in [0.2, 0.25) is 5.91 Å². The third-order valence-electron chi connectivity index (χ3n) is 6.51. The van der Waals surface area contributed by atoms with Crippen molar-refractivity contribution in [1.29, 1.82) is 0 Å². The molecule has 3 saturated heterocycles. The number of piperidine rings is 3. The van der Waals surface area contributed by atoms with Crippen LogP contribution in [-0.2, 0) is 17.9 Å². The first-order valence-electron chi connectivity index (χ1n) is 10.3.